The molecule has 2 saturated heterocycles. The molecule has 0 spiro atoms. The summed E-state index contributed by atoms with van der Waals surface area (Å²) < 4.78 is 34.7. The van der Waals surface area contributed by atoms with Crippen LogP contribution in [0.25, 0.3) is 11.0 Å². The van der Waals surface area contributed by atoms with E-state index in [1.807, 2.05) is 23.8 Å². The zero-order valence-corrected chi connectivity index (χ0v) is 17.4. The molecule has 0 radical (unpaired) electrons. The molecule has 3 aromatic rings. The maximum absolute atomic E-state index is 14.5. The second-order valence-corrected chi connectivity index (χ2v) is 8.52. The van der Waals surface area contributed by atoms with Gasteiger partial charge in [0.15, 0.2) is 12.0 Å². The minimum Gasteiger partial charge on any atom is -0.385 e. The van der Waals surface area contributed by atoms with Crippen LogP contribution in [0.5, 0.6) is 0 Å². The highest BCUT2D eigenvalue weighted by atomic mass is 35.5. The maximum atomic E-state index is 14.5. The smallest absolute Gasteiger partial charge is 0.164 e. The summed E-state index contributed by atoms with van der Waals surface area (Å²) in [5.74, 6) is -1.48. The third-order valence-electron chi connectivity index (χ3n) is 5.64. The second kappa shape index (κ2) is 6.96. The van der Waals surface area contributed by atoms with Gasteiger partial charge in [0.2, 0.25) is 0 Å². The van der Waals surface area contributed by atoms with Gasteiger partial charge in [0.05, 0.1) is 5.69 Å². The first-order valence-corrected chi connectivity index (χ1v) is 10.1. The number of aromatic nitrogens is 3. The Hall–Kier alpha value is -2.10. The second-order valence-electron chi connectivity index (χ2n) is 8.09. The maximum Gasteiger partial charge on any atom is 0.164 e. The van der Waals surface area contributed by atoms with Crippen LogP contribution in [0.3, 0.4) is 0 Å². The molecule has 7 nitrogen and oxygen atoms in total. The van der Waals surface area contributed by atoms with Gasteiger partial charge in [-0.2, -0.15) is 0 Å². The van der Waals surface area contributed by atoms with Crippen LogP contribution in [-0.4, -0.2) is 43.7 Å². The van der Waals surface area contributed by atoms with E-state index in [1.54, 1.807) is 13.8 Å². The highest BCUT2D eigenvalue weighted by Crippen LogP contribution is 2.47. The Kier molecular flexibility index (Phi) is 4.61. The van der Waals surface area contributed by atoms with Crippen molar-refractivity contribution in [2.45, 2.75) is 57.2 Å². The minimum atomic E-state index is -1.27. The van der Waals surface area contributed by atoms with E-state index in [2.05, 4.69) is 9.97 Å². The summed E-state index contributed by atoms with van der Waals surface area (Å²) in [7, 11) is 0. The topological polar surface area (TPSA) is 78.6 Å². The summed E-state index contributed by atoms with van der Waals surface area (Å²) in [6.07, 6.45) is -0.505. The predicted octanol–water partition coefficient (Wildman–Crippen LogP) is 3.68. The Morgan fingerprint density at radius 1 is 1.20 bits per heavy atom. The van der Waals surface area contributed by atoms with E-state index in [0.717, 1.165) is 11.1 Å². The Morgan fingerprint density at radius 2 is 1.97 bits per heavy atom. The summed E-state index contributed by atoms with van der Waals surface area (Å²) in [5, 5.41) is 12.1. The number of nitrogens with zero attached hydrogens (tertiary/aromatic N) is 3. The lowest BCUT2D eigenvalue weighted by molar-refractivity contribution is -0.207. The number of aliphatic hydroxyl groups is 1. The predicted molar refractivity (Wildman–Crippen MR) is 106 cm³/mol. The quantitative estimate of drug-likeness (QED) is 0.678. The molecule has 0 amide bonds. The van der Waals surface area contributed by atoms with Crippen molar-refractivity contribution >= 4 is 22.6 Å². The van der Waals surface area contributed by atoms with Crippen LogP contribution in [-0.2, 0) is 14.2 Å². The molecule has 1 N–H and O–H groups in total. The Balaban J connectivity index is 1.55. The van der Waals surface area contributed by atoms with Crippen LogP contribution >= 0.6 is 11.6 Å². The molecule has 2 aliphatic rings. The van der Waals surface area contributed by atoms with Crippen molar-refractivity contribution in [3.8, 4) is 0 Å². The van der Waals surface area contributed by atoms with Crippen molar-refractivity contribution in [1.29, 1.82) is 0 Å². The SMILES string of the molecule is Cc1ncnc2c1ccn2[C@@H]1O[C@H](C(O)c2ccc(Cl)cc2F)[C@H]2OC(C)(C)O[C@H]21. The van der Waals surface area contributed by atoms with Crippen molar-refractivity contribution in [3.63, 3.8) is 0 Å². The molecule has 0 bridgehead atoms. The summed E-state index contributed by atoms with van der Waals surface area (Å²) >= 11 is 5.85. The standard InChI is InChI=1S/C21H21ClFN3O4/c1-10-12-6-7-26(19(12)25-9-24-10)20-18-17(29-21(2,3)30-18)16(28-20)15(27)13-5-4-11(22)8-14(13)23/h4-9,15-18,20,27H,1-3H3/t15?,16-,17-,18-,20-/m1/s1. The zero-order chi connectivity index (χ0) is 21.2. The molecule has 5 atom stereocenters. The Labute approximate surface area is 177 Å². The van der Waals surface area contributed by atoms with E-state index in [4.69, 9.17) is 25.8 Å². The fourth-order valence-corrected chi connectivity index (χ4v) is 4.47. The van der Waals surface area contributed by atoms with Crippen molar-refractivity contribution in [1.82, 2.24) is 14.5 Å². The van der Waals surface area contributed by atoms with Gasteiger partial charge < -0.3 is 23.9 Å². The fourth-order valence-electron chi connectivity index (χ4n) is 4.31. The molecule has 1 aromatic carbocycles. The van der Waals surface area contributed by atoms with Crippen LogP contribution in [0.15, 0.2) is 36.8 Å². The molecular formula is C21H21ClFN3O4. The molecule has 2 fully saturated rings. The summed E-state index contributed by atoms with van der Waals surface area (Å²) in [5.41, 5.74) is 1.62. The lowest BCUT2D eigenvalue weighted by Crippen LogP contribution is -2.34. The average molecular weight is 434 g/mol. The Bertz CT molecular complexity index is 1120. The Morgan fingerprint density at radius 3 is 2.73 bits per heavy atom. The number of hydrogen-bond donors (Lipinski definition) is 1. The molecule has 5 rings (SSSR count). The van der Waals surface area contributed by atoms with E-state index >= 15 is 0 Å². The number of benzene rings is 1. The molecule has 30 heavy (non-hydrogen) atoms. The van der Waals surface area contributed by atoms with Gasteiger partial charge in [0.1, 0.15) is 42.2 Å². The first-order chi connectivity index (χ1) is 14.2. The molecular weight excluding hydrogens is 413 g/mol. The van der Waals surface area contributed by atoms with E-state index in [-0.39, 0.29) is 10.6 Å². The van der Waals surface area contributed by atoms with Gasteiger partial charge in [-0.1, -0.05) is 17.7 Å². The van der Waals surface area contributed by atoms with Crippen molar-refractivity contribution in [2.75, 3.05) is 0 Å². The van der Waals surface area contributed by atoms with E-state index in [1.165, 1.54) is 24.5 Å². The molecule has 4 heterocycles. The normalized spacial score (nSPS) is 28.7. The molecule has 0 saturated carbocycles. The van der Waals surface area contributed by atoms with Gasteiger partial charge in [0.25, 0.3) is 0 Å². The van der Waals surface area contributed by atoms with Crippen molar-refractivity contribution in [3.05, 3.63) is 58.9 Å². The third-order valence-corrected chi connectivity index (χ3v) is 5.88. The number of ether oxygens (including phenoxy) is 3. The summed E-state index contributed by atoms with van der Waals surface area (Å²) in [4.78, 5) is 8.61. The largest absolute Gasteiger partial charge is 0.385 e. The van der Waals surface area contributed by atoms with E-state index in [0.29, 0.717) is 5.65 Å². The summed E-state index contributed by atoms with van der Waals surface area (Å²) in [6.45, 7) is 5.50. The van der Waals surface area contributed by atoms with Gasteiger partial charge in [-0.25, -0.2) is 14.4 Å². The van der Waals surface area contributed by atoms with Crippen molar-refractivity contribution < 1.29 is 23.7 Å². The highest BCUT2D eigenvalue weighted by Gasteiger charge is 2.58. The number of rotatable bonds is 3. The lowest BCUT2D eigenvalue weighted by atomic mass is 9.99. The van der Waals surface area contributed by atoms with Crippen LogP contribution in [0.1, 0.15) is 37.4 Å². The van der Waals surface area contributed by atoms with Gasteiger partial charge in [-0.15, -0.1) is 0 Å². The van der Waals surface area contributed by atoms with Crippen LogP contribution < -0.4 is 0 Å². The third kappa shape index (κ3) is 3.11. The molecule has 0 aliphatic carbocycles. The van der Waals surface area contributed by atoms with Crippen LogP contribution in [0.4, 0.5) is 4.39 Å². The fraction of sp³-hybridized carbons (Fsp3) is 0.429. The average Bonchev–Trinajstić information content (AvgIpc) is 3.32. The number of aliphatic hydroxyl groups excluding tert-OH is 1. The monoisotopic (exact) mass is 433 g/mol. The molecule has 2 aromatic heterocycles. The number of fused-ring (bicyclic) bond motifs is 2. The first kappa shape index (κ1) is 19.8. The van der Waals surface area contributed by atoms with Crippen LogP contribution in [0, 0.1) is 12.7 Å². The van der Waals surface area contributed by atoms with Crippen LogP contribution in [0.2, 0.25) is 5.02 Å². The number of halogens is 2. The van der Waals surface area contributed by atoms with Gasteiger partial charge in [0, 0.05) is 22.2 Å². The van der Waals surface area contributed by atoms with Gasteiger partial charge in [-0.05, 0) is 39.0 Å². The summed E-state index contributed by atoms with van der Waals surface area (Å²) in [6, 6.07) is 6.06. The molecule has 158 valence electrons. The van der Waals surface area contributed by atoms with E-state index < -0.39 is 42.2 Å². The number of hydrogen-bond acceptors (Lipinski definition) is 6. The zero-order valence-electron chi connectivity index (χ0n) is 16.6. The highest BCUT2D eigenvalue weighted by molar-refractivity contribution is 6.30. The van der Waals surface area contributed by atoms with Gasteiger partial charge in [-0.3, -0.25) is 0 Å². The minimum absolute atomic E-state index is 0.0904. The number of aryl methyl sites for hydroxylation is 1. The van der Waals surface area contributed by atoms with Crippen molar-refractivity contribution in [2.24, 2.45) is 0 Å². The van der Waals surface area contributed by atoms with E-state index in [9.17, 15) is 9.50 Å². The molecule has 9 heteroatoms. The first-order valence-electron chi connectivity index (χ1n) is 9.67. The lowest BCUT2D eigenvalue weighted by Gasteiger charge is -2.27. The molecule has 2 aliphatic heterocycles. The van der Waals surface area contributed by atoms with Gasteiger partial charge >= 0.3 is 0 Å². The molecule has 1 unspecified atom stereocenters.